The maximum Gasteiger partial charge on any atom is 0.138 e. The minimum Gasteiger partial charge on any atom is -0.361 e. The lowest BCUT2D eigenvalue weighted by molar-refractivity contribution is 0.300. The zero-order valence-corrected chi connectivity index (χ0v) is 10.5. The van der Waals surface area contributed by atoms with E-state index in [1.807, 2.05) is 13.8 Å². The van der Waals surface area contributed by atoms with E-state index in [4.69, 9.17) is 4.52 Å². The number of rotatable bonds is 3. The Kier molecular flexibility index (Phi) is 3.64. The number of nitrogens with one attached hydrogen (secondary N) is 1. The maximum absolute atomic E-state index is 5.17. The minimum atomic E-state index is 0.678. The first-order chi connectivity index (χ1) is 7.66. The van der Waals surface area contributed by atoms with Crippen LogP contribution in [0.4, 0.5) is 0 Å². The number of hydrogen-bond donors (Lipinski definition) is 1. The molecular weight excluding hydrogens is 200 g/mol. The molecule has 16 heavy (non-hydrogen) atoms. The summed E-state index contributed by atoms with van der Waals surface area (Å²) in [7, 11) is 0. The Morgan fingerprint density at radius 1 is 1.38 bits per heavy atom. The van der Waals surface area contributed by atoms with Crippen LogP contribution in [0.15, 0.2) is 4.52 Å². The van der Waals surface area contributed by atoms with Gasteiger partial charge in [0.2, 0.25) is 0 Å². The van der Waals surface area contributed by atoms with E-state index in [1.54, 1.807) is 0 Å². The monoisotopic (exact) mass is 222 g/mol. The molecule has 2 atom stereocenters. The topological polar surface area (TPSA) is 38.1 Å². The first-order valence-corrected chi connectivity index (χ1v) is 6.32. The number of aromatic nitrogens is 1. The Balaban J connectivity index is 1.87. The Bertz CT molecular complexity index is 326. The quantitative estimate of drug-likeness (QED) is 0.854. The molecule has 2 unspecified atom stereocenters. The van der Waals surface area contributed by atoms with Gasteiger partial charge in [0.1, 0.15) is 5.76 Å². The highest BCUT2D eigenvalue weighted by Crippen LogP contribution is 2.24. The molecule has 0 bridgehead atoms. The third kappa shape index (κ3) is 2.64. The Morgan fingerprint density at radius 2 is 2.19 bits per heavy atom. The summed E-state index contributed by atoms with van der Waals surface area (Å²) in [4.78, 5) is 0. The van der Waals surface area contributed by atoms with Crippen LogP contribution in [0.2, 0.25) is 0 Å². The SMILES string of the molecule is Cc1noc(C)c1CNC1CCCC(C)C1. The van der Waals surface area contributed by atoms with Crippen molar-refractivity contribution < 1.29 is 4.52 Å². The fourth-order valence-corrected chi connectivity index (χ4v) is 2.62. The van der Waals surface area contributed by atoms with E-state index in [0.717, 1.165) is 23.9 Å². The molecule has 1 saturated carbocycles. The van der Waals surface area contributed by atoms with Gasteiger partial charge in [0, 0.05) is 18.2 Å². The molecule has 90 valence electrons. The fraction of sp³-hybridized carbons (Fsp3) is 0.769. The summed E-state index contributed by atoms with van der Waals surface area (Å²) in [6.45, 7) is 7.25. The van der Waals surface area contributed by atoms with Crippen LogP contribution in [-0.2, 0) is 6.54 Å². The Morgan fingerprint density at radius 3 is 2.81 bits per heavy atom. The molecule has 1 fully saturated rings. The standard InChI is InChI=1S/C13H22N2O/c1-9-5-4-6-12(7-9)14-8-13-10(2)15-16-11(13)3/h9,12,14H,4-8H2,1-3H3. The van der Waals surface area contributed by atoms with Crippen molar-refractivity contribution in [3.8, 4) is 0 Å². The van der Waals surface area contributed by atoms with E-state index >= 15 is 0 Å². The van der Waals surface area contributed by atoms with Crippen LogP contribution in [-0.4, -0.2) is 11.2 Å². The zero-order chi connectivity index (χ0) is 11.5. The van der Waals surface area contributed by atoms with Gasteiger partial charge < -0.3 is 9.84 Å². The van der Waals surface area contributed by atoms with Crippen LogP contribution < -0.4 is 5.32 Å². The summed E-state index contributed by atoms with van der Waals surface area (Å²) in [5.74, 6) is 1.82. The van der Waals surface area contributed by atoms with Gasteiger partial charge in [-0.05, 0) is 32.6 Å². The highest BCUT2D eigenvalue weighted by atomic mass is 16.5. The molecule has 3 heteroatoms. The molecule has 1 heterocycles. The summed E-state index contributed by atoms with van der Waals surface area (Å²) < 4.78 is 5.17. The van der Waals surface area contributed by atoms with E-state index in [-0.39, 0.29) is 0 Å². The van der Waals surface area contributed by atoms with Crippen LogP contribution in [0.5, 0.6) is 0 Å². The molecular formula is C13H22N2O. The van der Waals surface area contributed by atoms with Crippen molar-refractivity contribution in [1.29, 1.82) is 0 Å². The van der Waals surface area contributed by atoms with Crippen LogP contribution in [0.25, 0.3) is 0 Å². The smallest absolute Gasteiger partial charge is 0.138 e. The largest absolute Gasteiger partial charge is 0.361 e. The lowest BCUT2D eigenvalue weighted by atomic mass is 9.87. The van der Waals surface area contributed by atoms with E-state index in [1.165, 1.54) is 31.2 Å². The summed E-state index contributed by atoms with van der Waals surface area (Å²) in [6, 6.07) is 0.678. The van der Waals surface area contributed by atoms with Crippen LogP contribution in [0.1, 0.15) is 49.6 Å². The Hall–Kier alpha value is -0.830. The molecule has 1 aromatic heterocycles. The number of hydrogen-bond acceptors (Lipinski definition) is 3. The number of aryl methyl sites for hydroxylation is 2. The van der Waals surface area contributed by atoms with Gasteiger partial charge in [-0.15, -0.1) is 0 Å². The van der Waals surface area contributed by atoms with E-state index in [9.17, 15) is 0 Å². The predicted octanol–water partition coefficient (Wildman–Crippen LogP) is 2.96. The minimum absolute atomic E-state index is 0.678. The summed E-state index contributed by atoms with van der Waals surface area (Å²) >= 11 is 0. The fourth-order valence-electron chi connectivity index (χ4n) is 2.62. The Labute approximate surface area is 97.6 Å². The van der Waals surface area contributed by atoms with Crippen molar-refractivity contribution in [2.24, 2.45) is 5.92 Å². The molecule has 0 aromatic carbocycles. The van der Waals surface area contributed by atoms with Crippen molar-refractivity contribution in [1.82, 2.24) is 10.5 Å². The first kappa shape index (κ1) is 11.6. The normalized spacial score (nSPS) is 25.9. The third-order valence-corrected chi connectivity index (χ3v) is 3.69. The molecule has 0 amide bonds. The molecule has 1 aromatic rings. The average Bonchev–Trinajstić information content (AvgIpc) is 2.56. The molecule has 1 aliphatic carbocycles. The van der Waals surface area contributed by atoms with Gasteiger partial charge in [-0.1, -0.05) is 24.9 Å². The second-order valence-electron chi connectivity index (χ2n) is 5.15. The molecule has 2 rings (SSSR count). The van der Waals surface area contributed by atoms with Gasteiger partial charge in [-0.3, -0.25) is 0 Å². The van der Waals surface area contributed by atoms with Gasteiger partial charge in [-0.25, -0.2) is 0 Å². The van der Waals surface area contributed by atoms with Gasteiger partial charge in [0.05, 0.1) is 5.69 Å². The van der Waals surface area contributed by atoms with Crippen molar-refractivity contribution in [3.63, 3.8) is 0 Å². The van der Waals surface area contributed by atoms with E-state index in [0.29, 0.717) is 6.04 Å². The van der Waals surface area contributed by atoms with Crippen molar-refractivity contribution >= 4 is 0 Å². The average molecular weight is 222 g/mol. The predicted molar refractivity (Wildman–Crippen MR) is 64.2 cm³/mol. The lowest BCUT2D eigenvalue weighted by Crippen LogP contribution is -2.33. The molecule has 0 radical (unpaired) electrons. The van der Waals surface area contributed by atoms with Gasteiger partial charge in [0.25, 0.3) is 0 Å². The third-order valence-electron chi connectivity index (χ3n) is 3.69. The van der Waals surface area contributed by atoms with Crippen molar-refractivity contribution in [2.45, 2.75) is 59.0 Å². The van der Waals surface area contributed by atoms with Gasteiger partial charge in [-0.2, -0.15) is 0 Å². The summed E-state index contributed by atoms with van der Waals surface area (Å²) in [6.07, 6.45) is 5.38. The zero-order valence-electron chi connectivity index (χ0n) is 10.5. The van der Waals surface area contributed by atoms with Crippen LogP contribution in [0.3, 0.4) is 0 Å². The second kappa shape index (κ2) is 5.00. The first-order valence-electron chi connectivity index (χ1n) is 6.32. The highest BCUT2D eigenvalue weighted by Gasteiger charge is 2.19. The van der Waals surface area contributed by atoms with Crippen molar-refractivity contribution in [2.75, 3.05) is 0 Å². The molecule has 3 nitrogen and oxygen atoms in total. The lowest BCUT2D eigenvalue weighted by Gasteiger charge is -2.27. The summed E-state index contributed by atoms with van der Waals surface area (Å²) in [5.41, 5.74) is 2.26. The van der Waals surface area contributed by atoms with E-state index < -0.39 is 0 Å². The molecule has 1 N–H and O–H groups in total. The van der Waals surface area contributed by atoms with E-state index in [2.05, 4.69) is 17.4 Å². The molecule has 1 aliphatic rings. The second-order valence-corrected chi connectivity index (χ2v) is 5.15. The van der Waals surface area contributed by atoms with Gasteiger partial charge in [0.15, 0.2) is 0 Å². The van der Waals surface area contributed by atoms with Crippen LogP contribution in [0, 0.1) is 19.8 Å². The van der Waals surface area contributed by atoms with Crippen molar-refractivity contribution in [3.05, 3.63) is 17.0 Å². The maximum atomic E-state index is 5.17. The van der Waals surface area contributed by atoms with Crippen LogP contribution >= 0.6 is 0 Å². The molecule has 0 saturated heterocycles. The molecule has 0 spiro atoms. The highest BCUT2D eigenvalue weighted by molar-refractivity contribution is 5.20. The van der Waals surface area contributed by atoms with Gasteiger partial charge >= 0.3 is 0 Å². The summed E-state index contributed by atoms with van der Waals surface area (Å²) in [5, 5.41) is 7.62. The number of nitrogens with zero attached hydrogens (tertiary/aromatic N) is 1. The molecule has 0 aliphatic heterocycles.